The third-order valence-electron chi connectivity index (χ3n) is 2.48. The molecule has 1 aromatic carbocycles. The van der Waals surface area contributed by atoms with Crippen molar-refractivity contribution in [3.05, 3.63) is 52.2 Å². The highest BCUT2D eigenvalue weighted by atomic mass is 16.6. The van der Waals surface area contributed by atoms with E-state index in [2.05, 4.69) is 15.8 Å². The summed E-state index contributed by atoms with van der Waals surface area (Å²) in [5.41, 5.74) is 2.29. The van der Waals surface area contributed by atoms with Gasteiger partial charge in [0.05, 0.1) is 17.2 Å². The van der Waals surface area contributed by atoms with Crippen molar-refractivity contribution in [2.75, 3.05) is 11.9 Å². The minimum atomic E-state index is -0.893. The van der Waals surface area contributed by atoms with Gasteiger partial charge in [-0.1, -0.05) is 18.2 Å². The summed E-state index contributed by atoms with van der Waals surface area (Å²) in [6.45, 7) is 2.97. The maximum atomic E-state index is 11.7. The van der Waals surface area contributed by atoms with Crippen LogP contribution in [0.5, 0.6) is 0 Å². The highest BCUT2D eigenvalue weighted by Crippen LogP contribution is 2.05. The minimum absolute atomic E-state index is 0.0524. The van der Waals surface area contributed by atoms with Crippen molar-refractivity contribution in [2.45, 2.75) is 13.8 Å². The average molecular weight is 320 g/mol. The summed E-state index contributed by atoms with van der Waals surface area (Å²) < 4.78 is 4.71. The van der Waals surface area contributed by atoms with Crippen LogP contribution in [0.4, 0.5) is 10.5 Å². The molecule has 1 aromatic rings. The van der Waals surface area contributed by atoms with Crippen LogP contribution in [0.25, 0.3) is 0 Å². The zero-order valence-corrected chi connectivity index (χ0v) is 12.6. The van der Waals surface area contributed by atoms with Crippen LogP contribution in [-0.2, 0) is 9.53 Å². The van der Waals surface area contributed by atoms with Crippen LogP contribution in [0.15, 0.2) is 47.2 Å². The smallest absolute Gasteiger partial charge is 0.346 e. The van der Waals surface area contributed by atoms with E-state index < -0.39 is 16.9 Å². The molecule has 0 aliphatic heterocycles. The highest BCUT2D eigenvalue weighted by molar-refractivity contribution is 6.18. The number of hydrogen-bond acceptors (Lipinski definition) is 6. The number of carbonyl (C=O) groups is 2. The fourth-order valence-corrected chi connectivity index (χ4v) is 1.48. The summed E-state index contributed by atoms with van der Waals surface area (Å²) >= 11 is 0. The van der Waals surface area contributed by atoms with Gasteiger partial charge < -0.3 is 10.1 Å². The average Bonchev–Trinajstić information content (AvgIpc) is 2.51. The van der Waals surface area contributed by atoms with Gasteiger partial charge in [0.1, 0.15) is 0 Å². The van der Waals surface area contributed by atoms with Crippen LogP contribution in [0.3, 0.4) is 0 Å². The van der Waals surface area contributed by atoms with Crippen LogP contribution in [0, 0.1) is 10.1 Å². The van der Waals surface area contributed by atoms with Crippen LogP contribution in [0.2, 0.25) is 0 Å². The first-order chi connectivity index (χ1) is 10.9. The monoisotopic (exact) mass is 320 g/mol. The van der Waals surface area contributed by atoms with E-state index in [0.29, 0.717) is 11.9 Å². The number of para-hydroxylation sites is 1. The van der Waals surface area contributed by atoms with Gasteiger partial charge in [-0.3, -0.25) is 10.1 Å². The van der Waals surface area contributed by atoms with E-state index in [-0.39, 0.29) is 17.9 Å². The molecule has 0 radical (unpaired) electrons. The van der Waals surface area contributed by atoms with E-state index in [1.165, 1.54) is 6.92 Å². The normalized spacial score (nSPS) is 11.6. The maximum absolute atomic E-state index is 11.7. The van der Waals surface area contributed by atoms with Gasteiger partial charge in [0, 0.05) is 5.69 Å². The van der Waals surface area contributed by atoms with Crippen molar-refractivity contribution in [3.8, 4) is 0 Å². The molecule has 0 saturated heterocycles. The number of nitrogens with zero attached hydrogens (tertiary/aromatic N) is 2. The zero-order chi connectivity index (χ0) is 17.2. The number of nitro groups is 1. The molecule has 9 nitrogen and oxygen atoms in total. The summed E-state index contributed by atoms with van der Waals surface area (Å²) in [6, 6.07) is 7.96. The van der Waals surface area contributed by atoms with Gasteiger partial charge in [-0.2, -0.15) is 5.10 Å². The van der Waals surface area contributed by atoms with Gasteiger partial charge in [-0.05, 0) is 26.0 Å². The van der Waals surface area contributed by atoms with Crippen LogP contribution < -0.4 is 10.7 Å². The van der Waals surface area contributed by atoms with E-state index >= 15 is 0 Å². The molecular weight excluding hydrogens is 304 g/mol. The lowest BCUT2D eigenvalue weighted by Gasteiger charge is -2.06. The number of urea groups is 1. The second kappa shape index (κ2) is 8.93. The van der Waals surface area contributed by atoms with Crippen LogP contribution in [-0.4, -0.2) is 29.2 Å². The lowest BCUT2D eigenvalue weighted by Crippen LogP contribution is -2.26. The lowest BCUT2D eigenvalue weighted by atomic mass is 10.2. The molecule has 0 bridgehead atoms. The first kappa shape index (κ1) is 17.8. The second-order valence-corrected chi connectivity index (χ2v) is 4.18. The van der Waals surface area contributed by atoms with Gasteiger partial charge in [0.15, 0.2) is 5.57 Å². The molecule has 2 N–H and O–H groups in total. The van der Waals surface area contributed by atoms with Crippen LogP contribution in [0.1, 0.15) is 13.8 Å². The van der Waals surface area contributed by atoms with Crippen LogP contribution >= 0.6 is 0 Å². The Hall–Kier alpha value is -3.23. The van der Waals surface area contributed by atoms with Crippen molar-refractivity contribution < 1.29 is 19.2 Å². The number of carbonyl (C=O) groups excluding carboxylic acids is 2. The van der Waals surface area contributed by atoms with Gasteiger partial charge >= 0.3 is 12.0 Å². The number of amides is 2. The molecule has 23 heavy (non-hydrogen) atoms. The third-order valence-corrected chi connectivity index (χ3v) is 2.48. The number of anilines is 1. The van der Waals surface area contributed by atoms with Crippen molar-refractivity contribution in [2.24, 2.45) is 5.10 Å². The Morgan fingerprint density at radius 1 is 1.35 bits per heavy atom. The second-order valence-electron chi connectivity index (χ2n) is 4.18. The van der Waals surface area contributed by atoms with E-state index in [0.717, 1.165) is 0 Å². The molecule has 2 amide bonds. The zero-order valence-electron chi connectivity index (χ0n) is 12.6. The molecule has 0 unspecified atom stereocenters. The predicted molar refractivity (Wildman–Crippen MR) is 83.4 cm³/mol. The number of hydrogen-bond donors (Lipinski definition) is 2. The van der Waals surface area contributed by atoms with Gasteiger partial charge in [-0.15, -0.1) is 0 Å². The number of benzene rings is 1. The quantitative estimate of drug-likeness (QED) is 0.272. The van der Waals surface area contributed by atoms with Gasteiger partial charge in [-0.25, -0.2) is 15.0 Å². The van der Waals surface area contributed by atoms with E-state index in [4.69, 9.17) is 4.74 Å². The predicted octanol–water partition coefficient (Wildman–Crippen LogP) is 1.91. The molecule has 0 heterocycles. The molecule has 1 rings (SSSR count). The van der Waals surface area contributed by atoms with Gasteiger partial charge in [0.25, 0.3) is 6.20 Å². The molecule has 0 aliphatic rings. The van der Waals surface area contributed by atoms with Crippen molar-refractivity contribution in [1.82, 2.24) is 5.43 Å². The molecule has 0 atom stereocenters. The number of hydrazone groups is 1. The van der Waals surface area contributed by atoms with Crippen molar-refractivity contribution >= 4 is 23.4 Å². The lowest BCUT2D eigenvalue weighted by molar-refractivity contribution is -0.402. The summed E-state index contributed by atoms with van der Waals surface area (Å²) in [7, 11) is 0. The standard InChI is InChI=1S/C14H16N4O5/c1-3-23-13(19)12(9-18(21)22)10(2)16-17-14(20)15-11-7-5-4-6-8-11/h4-9H,3H2,1-2H3,(H2,15,17,20)/b12-9-,16-10+. The molecule has 0 aromatic heterocycles. The molecular formula is C14H16N4O5. The largest absolute Gasteiger partial charge is 0.462 e. The Labute approximate surface area is 132 Å². The maximum Gasteiger partial charge on any atom is 0.346 e. The first-order valence-electron chi connectivity index (χ1n) is 6.63. The minimum Gasteiger partial charge on any atom is -0.462 e. The summed E-state index contributed by atoms with van der Waals surface area (Å²) in [5, 5.41) is 16.7. The third kappa shape index (κ3) is 6.38. The number of nitrogens with one attached hydrogen (secondary N) is 2. The Morgan fingerprint density at radius 2 is 2.00 bits per heavy atom. The SMILES string of the molecule is CCOC(=O)C(=C\[N+](=O)[O-])/C(C)=N/NC(=O)Nc1ccccc1. The van der Waals surface area contributed by atoms with E-state index in [1.807, 2.05) is 0 Å². The molecule has 0 aliphatic carbocycles. The van der Waals surface area contributed by atoms with Crippen molar-refractivity contribution in [1.29, 1.82) is 0 Å². The summed E-state index contributed by atoms with van der Waals surface area (Å²) in [5.74, 6) is -0.893. The molecule has 0 fully saturated rings. The number of esters is 1. The van der Waals surface area contributed by atoms with E-state index in [1.54, 1.807) is 37.3 Å². The molecule has 0 saturated carbocycles. The van der Waals surface area contributed by atoms with Gasteiger partial charge in [0.2, 0.25) is 0 Å². The molecule has 0 spiro atoms. The topological polar surface area (TPSA) is 123 Å². The number of rotatable bonds is 6. The Balaban J connectivity index is 2.77. The Morgan fingerprint density at radius 3 is 2.57 bits per heavy atom. The van der Waals surface area contributed by atoms with E-state index in [9.17, 15) is 19.7 Å². The summed E-state index contributed by atoms with van der Waals surface area (Å²) in [6.07, 6.45) is 0.480. The fraction of sp³-hybridized carbons (Fsp3) is 0.214. The Kier molecular flexibility index (Phi) is 6.92. The van der Waals surface area contributed by atoms with Crippen molar-refractivity contribution in [3.63, 3.8) is 0 Å². The highest BCUT2D eigenvalue weighted by Gasteiger charge is 2.19. The number of ether oxygens (including phenoxy) is 1. The summed E-state index contributed by atoms with van der Waals surface area (Å²) in [4.78, 5) is 33.1. The fourth-order valence-electron chi connectivity index (χ4n) is 1.48. The Bertz CT molecular complexity index is 640. The first-order valence-corrected chi connectivity index (χ1v) is 6.63. The molecule has 122 valence electrons. The molecule has 9 heteroatoms.